The van der Waals surface area contributed by atoms with Gasteiger partial charge in [-0.3, -0.25) is 0 Å². The highest BCUT2D eigenvalue weighted by atomic mass is 28.3. The van der Waals surface area contributed by atoms with Gasteiger partial charge in [-0.05, 0) is 29.5 Å². The highest BCUT2D eigenvalue weighted by Gasteiger charge is 2.20. The van der Waals surface area contributed by atoms with E-state index >= 15 is 0 Å². The van der Waals surface area contributed by atoms with Crippen molar-refractivity contribution in [1.29, 1.82) is 0 Å². The van der Waals surface area contributed by atoms with Gasteiger partial charge in [0.2, 0.25) is 0 Å². The van der Waals surface area contributed by atoms with Gasteiger partial charge in [0.1, 0.15) is 0 Å². The first kappa shape index (κ1) is 17.4. The summed E-state index contributed by atoms with van der Waals surface area (Å²) in [5.41, 5.74) is 1.29. The fourth-order valence-corrected chi connectivity index (χ4v) is 4.02. The molecule has 0 saturated heterocycles. The van der Waals surface area contributed by atoms with Crippen LogP contribution in [0.5, 0.6) is 0 Å². The van der Waals surface area contributed by atoms with Crippen molar-refractivity contribution in [3.05, 3.63) is 29.8 Å². The summed E-state index contributed by atoms with van der Waals surface area (Å²) in [6.45, 7) is 12.6. The molecule has 2 atom stereocenters. The first-order valence-corrected chi connectivity index (χ1v) is 9.39. The molecular formula is C17H30O2Si. The molecule has 1 rings (SSSR count). The molecule has 0 aliphatic heterocycles. The standard InChI is InChI=1S/C17H30O2Si/c1-6-14(3)12-18-20(19-13-15(4)7-2)17-11-9-8-10-16(17)5/h8-11,14-15,20H,6-7,12-13H2,1-5H3. The van der Waals surface area contributed by atoms with Crippen molar-refractivity contribution in [3.63, 3.8) is 0 Å². The molecule has 0 aliphatic carbocycles. The van der Waals surface area contributed by atoms with Crippen LogP contribution in [-0.2, 0) is 8.85 Å². The third-order valence-corrected chi connectivity index (χ3v) is 6.05. The van der Waals surface area contributed by atoms with Crippen LogP contribution in [0, 0.1) is 18.8 Å². The molecule has 0 aliphatic rings. The van der Waals surface area contributed by atoms with E-state index in [4.69, 9.17) is 8.85 Å². The molecule has 2 nitrogen and oxygen atoms in total. The van der Waals surface area contributed by atoms with Crippen LogP contribution >= 0.6 is 0 Å². The van der Waals surface area contributed by atoms with Gasteiger partial charge in [-0.2, -0.15) is 0 Å². The second-order valence-corrected chi connectivity index (χ2v) is 7.83. The van der Waals surface area contributed by atoms with E-state index in [1.807, 2.05) is 0 Å². The largest absolute Gasteiger partial charge is 0.393 e. The Balaban J connectivity index is 2.70. The van der Waals surface area contributed by atoms with E-state index in [1.54, 1.807) is 0 Å². The van der Waals surface area contributed by atoms with Crippen LogP contribution < -0.4 is 5.19 Å². The smallest absolute Gasteiger partial charge is 0.356 e. The minimum atomic E-state index is -1.77. The molecule has 0 aromatic heterocycles. The third kappa shape index (κ3) is 5.78. The zero-order valence-electron chi connectivity index (χ0n) is 13.7. The summed E-state index contributed by atoms with van der Waals surface area (Å²) >= 11 is 0. The summed E-state index contributed by atoms with van der Waals surface area (Å²) in [5.74, 6) is 1.20. The van der Waals surface area contributed by atoms with Crippen molar-refractivity contribution < 1.29 is 8.85 Å². The van der Waals surface area contributed by atoms with E-state index in [0.29, 0.717) is 11.8 Å². The predicted octanol–water partition coefficient (Wildman–Crippen LogP) is 3.55. The second kappa shape index (κ2) is 9.32. The summed E-state index contributed by atoms with van der Waals surface area (Å²) in [7, 11) is -1.77. The van der Waals surface area contributed by atoms with E-state index in [2.05, 4.69) is 58.9 Å². The van der Waals surface area contributed by atoms with Crippen molar-refractivity contribution in [2.75, 3.05) is 13.2 Å². The van der Waals surface area contributed by atoms with Crippen molar-refractivity contribution in [2.24, 2.45) is 11.8 Å². The maximum Gasteiger partial charge on any atom is 0.356 e. The van der Waals surface area contributed by atoms with Gasteiger partial charge < -0.3 is 8.85 Å². The summed E-state index contributed by atoms with van der Waals surface area (Å²) in [6, 6.07) is 8.48. The number of rotatable bonds is 9. The Morgan fingerprint density at radius 1 is 0.950 bits per heavy atom. The van der Waals surface area contributed by atoms with Crippen LogP contribution in [0.3, 0.4) is 0 Å². The van der Waals surface area contributed by atoms with Crippen LogP contribution in [0.15, 0.2) is 24.3 Å². The highest BCUT2D eigenvalue weighted by molar-refractivity contribution is 6.61. The maximum absolute atomic E-state index is 6.17. The molecule has 0 heterocycles. The van der Waals surface area contributed by atoms with E-state index in [-0.39, 0.29) is 0 Å². The number of benzene rings is 1. The van der Waals surface area contributed by atoms with Crippen molar-refractivity contribution >= 4 is 14.5 Å². The topological polar surface area (TPSA) is 18.5 Å². The molecule has 0 amide bonds. The Kier molecular flexibility index (Phi) is 8.11. The van der Waals surface area contributed by atoms with E-state index < -0.39 is 9.28 Å². The van der Waals surface area contributed by atoms with Crippen LogP contribution in [0.1, 0.15) is 46.1 Å². The molecule has 1 aromatic rings. The average Bonchev–Trinajstić information content (AvgIpc) is 2.47. The number of hydrogen-bond donors (Lipinski definition) is 0. The highest BCUT2D eigenvalue weighted by Crippen LogP contribution is 2.08. The van der Waals surface area contributed by atoms with Crippen molar-refractivity contribution in [3.8, 4) is 0 Å². The average molecular weight is 295 g/mol. The fourth-order valence-electron chi connectivity index (χ4n) is 1.82. The van der Waals surface area contributed by atoms with Crippen LogP contribution in [-0.4, -0.2) is 22.5 Å². The van der Waals surface area contributed by atoms with Gasteiger partial charge in [0.25, 0.3) is 0 Å². The molecule has 0 spiro atoms. The lowest BCUT2D eigenvalue weighted by atomic mass is 10.1. The Morgan fingerprint density at radius 2 is 1.45 bits per heavy atom. The molecule has 0 bridgehead atoms. The predicted molar refractivity (Wildman–Crippen MR) is 88.8 cm³/mol. The summed E-state index contributed by atoms with van der Waals surface area (Å²) in [6.07, 6.45) is 2.31. The Hall–Kier alpha value is -0.643. The Morgan fingerprint density at radius 3 is 1.90 bits per heavy atom. The van der Waals surface area contributed by atoms with Crippen molar-refractivity contribution in [2.45, 2.75) is 47.5 Å². The SMILES string of the molecule is CCC(C)CO[SiH](OCC(C)CC)c1ccccc1C. The molecule has 0 saturated carbocycles. The molecule has 2 unspecified atom stereocenters. The lowest BCUT2D eigenvalue weighted by Gasteiger charge is -2.22. The van der Waals surface area contributed by atoms with Gasteiger partial charge >= 0.3 is 9.28 Å². The van der Waals surface area contributed by atoms with E-state index in [1.165, 1.54) is 10.8 Å². The minimum Gasteiger partial charge on any atom is -0.393 e. The third-order valence-electron chi connectivity index (χ3n) is 3.90. The van der Waals surface area contributed by atoms with Crippen molar-refractivity contribution in [1.82, 2.24) is 0 Å². The molecule has 0 fully saturated rings. The minimum absolute atomic E-state index is 0.598. The van der Waals surface area contributed by atoms with E-state index in [0.717, 1.165) is 26.1 Å². The van der Waals surface area contributed by atoms with Gasteiger partial charge in [-0.25, -0.2) is 0 Å². The van der Waals surface area contributed by atoms with Gasteiger partial charge in [0.05, 0.1) is 0 Å². The normalized spacial score (nSPS) is 15.8. The summed E-state index contributed by atoms with van der Waals surface area (Å²) in [4.78, 5) is 0. The first-order chi connectivity index (χ1) is 9.58. The lowest BCUT2D eigenvalue weighted by Crippen LogP contribution is -2.40. The number of aryl methyl sites for hydroxylation is 1. The maximum atomic E-state index is 6.17. The Labute approximate surface area is 126 Å². The molecule has 20 heavy (non-hydrogen) atoms. The van der Waals surface area contributed by atoms with Gasteiger partial charge in [-0.15, -0.1) is 0 Å². The monoisotopic (exact) mass is 294 g/mol. The quantitative estimate of drug-likeness (QED) is 0.649. The molecule has 0 radical (unpaired) electrons. The summed E-state index contributed by atoms with van der Waals surface area (Å²) < 4.78 is 12.3. The number of hydrogen-bond acceptors (Lipinski definition) is 2. The van der Waals surface area contributed by atoms with Gasteiger partial charge in [0, 0.05) is 13.2 Å². The van der Waals surface area contributed by atoms with Crippen LogP contribution in [0.4, 0.5) is 0 Å². The first-order valence-electron chi connectivity index (χ1n) is 7.87. The van der Waals surface area contributed by atoms with Crippen LogP contribution in [0.2, 0.25) is 0 Å². The lowest BCUT2D eigenvalue weighted by molar-refractivity contribution is 0.163. The fraction of sp³-hybridized carbons (Fsp3) is 0.647. The van der Waals surface area contributed by atoms with Gasteiger partial charge in [0.15, 0.2) is 0 Å². The molecule has 0 N–H and O–H groups in total. The summed E-state index contributed by atoms with van der Waals surface area (Å²) in [5, 5.41) is 1.29. The molecule has 3 heteroatoms. The molecular weight excluding hydrogens is 264 g/mol. The molecule has 114 valence electrons. The van der Waals surface area contributed by atoms with Crippen LogP contribution in [0.25, 0.3) is 0 Å². The molecule has 1 aromatic carbocycles. The van der Waals surface area contributed by atoms with E-state index in [9.17, 15) is 0 Å². The zero-order chi connectivity index (χ0) is 15.0. The van der Waals surface area contributed by atoms with Gasteiger partial charge in [-0.1, -0.05) is 64.8 Å². The zero-order valence-corrected chi connectivity index (χ0v) is 14.8. The second-order valence-electron chi connectivity index (χ2n) is 5.88. The Bertz CT molecular complexity index is 367.